The molecule has 1 aromatic carbocycles. The summed E-state index contributed by atoms with van der Waals surface area (Å²) in [4.78, 5) is 0. The van der Waals surface area contributed by atoms with E-state index in [2.05, 4.69) is 0 Å². The third kappa shape index (κ3) is 4.61. The molecule has 0 heterocycles. The van der Waals surface area contributed by atoms with Gasteiger partial charge in [-0.15, -0.1) is 0 Å². The first-order chi connectivity index (χ1) is 7.40. The molecule has 0 aliphatic carbocycles. The van der Waals surface area contributed by atoms with Crippen molar-refractivity contribution in [2.45, 2.75) is 12.5 Å². The fraction of sp³-hybridized carbons (Fsp3) is 0.400. The molecule has 5 nitrogen and oxygen atoms in total. The van der Waals surface area contributed by atoms with E-state index in [4.69, 9.17) is 15.0 Å². The van der Waals surface area contributed by atoms with Gasteiger partial charge in [-0.1, -0.05) is 12.1 Å². The van der Waals surface area contributed by atoms with Gasteiger partial charge in [-0.3, -0.25) is 4.55 Å². The van der Waals surface area contributed by atoms with Crippen molar-refractivity contribution in [3.8, 4) is 5.75 Å². The van der Waals surface area contributed by atoms with Gasteiger partial charge in [0.15, 0.2) is 0 Å². The van der Waals surface area contributed by atoms with Crippen LogP contribution in [-0.4, -0.2) is 31.9 Å². The summed E-state index contributed by atoms with van der Waals surface area (Å²) in [6.07, 6.45) is 0.393. The van der Waals surface area contributed by atoms with Gasteiger partial charge in [0.1, 0.15) is 5.75 Å². The number of hydrogen-bond acceptors (Lipinski definition) is 4. The first kappa shape index (κ1) is 13.0. The Kier molecular flexibility index (Phi) is 4.28. The van der Waals surface area contributed by atoms with Crippen LogP contribution in [0.5, 0.6) is 5.75 Å². The van der Waals surface area contributed by atoms with Crippen molar-refractivity contribution in [3.63, 3.8) is 0 Å². The lowest BCUT2D eigenvalue weighted by molar-refractivity contribution is 0.414. The van der Waals surface area contributed by atoms with E-state index in [9.17, 15) is 8.42 Å². The van der Waals surface area contributed by atoms with Crippen LogP contribution in [0, 0.1) is 0 Å². The van der Waals surface area contributed by atoms with E-state index in [1.54, 1.807) is 19.2 Å². The molecule has 0 unspecified atom stereocenters. The predicted molar refractivity (Wildman–Crippen MR) is 61.1 cm³/mol. The summed E-state index contributed by atoms with van der Waals surface area (Å²) in [5, 5.41) is 0. The number of ether oxygens (including phenoxy) is 1. The largest absolute Gasteiger partial charge is 0.497 e. The third-order valence-corrected chi connectivity index (χ3v) is 2.93. The molecule has 1 atom stereocenters. The first-order valence-electron chi connectivity index (χ1n) is 4.74. The number of rotatable bonds is 5. The van der Waals surface area contributed by atoms with Crippen molar-refractivity contribution in [1.82, 2.24) is 0 Å². The van der Waals surface area contributed by atoms with E-state index in [1.807, 2.05) is 12.1 Å². The molecule has 16 heavy (non-hydrogen) atoms. The summed E-state index contributed by atoms with van der Waals surface area (Å²) in [5.41, 5.74) is 6.49. The maximum absolute atomic E-state index is 10.6. The summed E-state index contributed by atoms with van der Waals surface area (Å²) in [6, 6.07) is 6.56. The Bertz CT molecular complexity index is 427. The smallest absolute Gasteiger partial charge is 0.266 e. The Labute approximate surface area is 95.0 Å². The molecule has 1 aromatic rings. The highest BCUT2D eigenvalue weighted by Crippen LogP contribution is 2.12. The molecule has 0 aromatic heterocycles. The summed E-state index contributed by atoms with van der Waals surface area (Å²) in [6.45, 7) is 0. The van der Waals surface area contributed by atoms with Crippen molar-refractivity contribution >= 4 is 10.1 Å². The minimum atomic E-state index is -4.01. The second-order valence-electron chi connectivity index (χ2n) is 3.56. The van der Waals surface area contributed by atoms with Crippen LogP contribution < -0.4 is 10.5 Å². The zero-order valence-corrected chi connectivity index (χ0v) is 9.78. The van der Waals surface area contributed by atoms with Gasteiger partial charge in [0.05, 0.1) is 12.9 Å². The Balaban J connectivity index is 2.59. The molecule has 1 rings (SSSR count). The lowest BCUT2D eigenvalue weighted by atomic mass is 10.1. The number of nitrogens with two attached hydrogens (primary N) is 1. The lowest BCUT2D eigenvalue weighted by Crippen LogP contribution is -2.31. The fourth-order valence-corrected chi connectivity index (χ4v) is 2.05. The van der Waals surface area contributed by atoms with E-state index >= 15 is 0 Å². The normalized spacial score (nSPS) is 13.4. The molecule has 0 saturated carbocycles. The first-order valence-corrected chi connectivity index (χ1v) is 6.35. The summed E-state index contributed by atoms with van der Waals surface area (Å²) in [5.74, 6) is 0.297. The van der Waals surface area contributed by atoms with Crippen LogP contribution in [0.3, 0.4) is 0 Å². The van der Waals surface area contributed by atoms with Crippen LogP contribution in [0.4, 0.5) is 0 Å². The van der Waals surface area contributed by atoms with Crippen molar-refractivity contribution < 1.29 is 17.7 Å². The average molecular weight is 245 g/mol. The topological polar surface area (TPSA) is 89.6 Å². The van der Waals surface area contributed by atoms with E-state index < -0.39 is 21.9 Å². The Hall–Kier alpha value is -1.11. The van der Waals surface area contributed by atoms with Gasteiger partial charge in [-0.05, 0) is 24.1 Å². The van der Waals surface area contributed by atoms with Crippen LogP contribution in [0.15, 0.2) is 24.3 Å². The number of methoxy groups -OCH3 is 1. The van der Waals surface area contributed by atoms with E-state index in [1.165, 1.54) is 0 Å². The lowest BCUT2D eigenvalue weighted by Gasteiger charge is -2.09. The molecule has 90 valence electrons. The summed E-state index contributed by atoms with van der Waals surface area (Å²) in [7, 11) is -2.44. The Morgan fingerprint density at radius 2 is 1.94 bits per heavy atom. The minimum Gasteiger partial charge on any atom is -0.497 e. The van der Waals surface area contributed by atoms with Crippen molar-refractivity contribution in [1.29, 1.82) is 0 Å². The van der Waals surface area contributed by atoms with Crippen LogP contribution in [-0.2, 0) is 16.5 Å². The minimum absolute atomic E-state index is 0.393. The van der Waals surface area contributed by atoms with Crippen molar-refractivity contribution in [2.24, 2.45) is 5.73 Å². The molecule has 0 bridgehead atoms. The highest BCUT2D eigenvalue weighted by atomic mass is 32.2. The molecule has 0 aliphatic rings. The summed E-state index contributed by atoms with van der Waals surface area (Å²) < 4.78 is 34.8. The molecule has 3 N–H and O–H groups in total. The standard InChI is InChI=1S/C10H15NO4S/c1-15-10-4-2-8(3-5-10)6-9(11)7-16(12,13)14/h2-5,9H,6-7,11H2,1H3,(H,12,13,14)/t9-/m1/s1. The zero-order chi connectivity index (χ0) is 12.2. The number of benzene rings is 1. The van der Waals surface area contributed by atoms with E-state index in [-0.39, 0.29) is 0 Å². The maximum atomic E-state index is 10.6. The van der Waals surface area contributed by atoms with Crippen LogP contribution in [0.2, 0.25) is 0 Å². The van der Waals surface area contributed by atoms with Crippen molar-refractivity contribution in [3.05, 3.63) is 29.8 Å². The van der Waals surface area contributed by atoms with Gasteiger partial charge in [0, 0.05) is 6.04 Å². The number of hydrogen-bond donors (Lipinski definition) is 2. The average Bonchev–Trinajstić information content (AvgIpc) is 2.16. The highest BCUT2D eigenvalue weighted by molar-refractivity contribution is 7.85. The van der Waals surface area contributed by atoms with Gasteiger partial charge < -0.3 is 10.5 Å². The van der Waals surface area contributed by atoms with Gasteiger partial charge in [0.2, 0.25) is 0 Å². The third-order valence-electron chi connectivity index (χ3n) is 2.08. The van der Waals surface area contributed by atoms with Crippen LogP contribution in [0.1, 0.15) is 5.56 Å². The Morgan fingerprint density at radius 1 is 1.38 bits per heavy atom. The second kappa shape index (κ2) is 5.29. The molecule has 6 heteroatoms. The van der Waals surface area contributed by atoms with Crippen LogP contribution in [0.25, 0.3) is 0 Å². The molecule has 0 saturated heterocycles. The second-order valence-corrected chi connectivity index (χ2v) is 5.06. The molecule has 0 aliphatic heterocycles. The highest BCUT2D eigenvalue weighted by Gasteiger charge is 2.13. The Morgan fingerprint density at radius 3 is 2.38 bits per heavy atom. The van der Waals surface area contributed by atoms with Gasteiger partial charge in [0.25, 0.3) is 10.1 Å². The van der Waals surface area contributed by atoms with Crippen molar-refractivity contribution in [2.75, 3.05) is 12.9 Å². The molecular weight excluding hydrogens is 230 g/mol. The van der Waals surface area contributed by atoms with Gasteiger partial charge in [-0.2, -0.15) is 8.42 Å². The molecule has 0 amide bonds. The molecule has 0 fully saturated rings. The SMILES string of the molecule is COc1ccc(C[C@@H](N)CS(=O)(=O)O)cc1. The molecule has 0 radical (unpaired) electrons. The van der Waals surface area contributed by atoms with Gasteiger partial charge in [-0.25, -0.2) is 0 Å². The van der Waals surface area contributed by atoms with Crippen LogP contribution >= 0.6 is 0 Å². The predicted octanol–water partition coefficient (Wildman–Crippen LogP) is 0.453. The molecular formula is C10H15NO4S. The van der Waals surface area contributed by atoms with Gasteiger partial charge >= 0.3 is 0 Å². The summed E-state index contributed by atoms with van der Waals surface area (Å²) >= 11 is 0. The maximum Gasteiger partial charge on any atom is 0.266 e. The molecule has 0 spiro atoms. The van der Waals surface area contributed by atoms with E-state index in [0.717, 1.165) is 11.3 Å². The quantitative estimate of drug-likeness (QED) is 0.735. The monoisotopic (exact) mass is 245 g/mol. The van der Waals surface area contributed by atoms with E-state index in [0.29, 0.717) is 6.42 Å². The zero-order valence-electron chi connectivity index (χ0n) is 8.96. The fourth-order valence-electron chi connectivity index (χ4n) is 1.39.